The first-order valence-electron chi connectivity index (χ1n) is 7.24. The number of hydrogen-bond acceptors (Lipinski definition) is 5. The minimum absolute atomic E-state index is 0.192. The van der Waals surface area contributed by atoms with E-state index in [0.717, 1.165) is 5.56 Å². The largest absolute Gasteiger partial charge is 0.444 e. The van der Waals surface area contributed by atoms with Crippen LogP contribution < -0.4 is 0 Å². The Morgan fingerprint density at radius 2 is 2.04 bits per heavy atom. The van der Waals surface area contributed by atoms with E-state index in [1.165, 1.54) is 4.90 Å². The van der Waals surface area contributed by atoms with Crippen molar-refractivity contribution in [2.24, 2.45) is 0 Å². The summed E-state index contributed by atoms with van der Waals surface area (Å²) in [6.07, 6.45) is -0.903. The maximum Gasteiger partial charge on any atom is 0.410 e. The molecule has 1 amide bonds. The summed E-state index contributed by atoms with van der Waals surface area (Å²) in [4.78, 5) is 17.7. The molecule has 0 aliphatic carbocycles. The van der Waals surface area contributed by atoms with Crippen LogP contribution in [0.25, 0.3) is 0 Å². The predicted molar refractivity (Wildman–Crippen MR) is 86.8 cm³/mol. The molecular formula is C15H20Cl2N2O4. The Kier molecular flexibility index (Phi) is 5.73. The Morgan fingerprint density at radius 1 is 1.43 bits per heavy atom. The first-order chi connectivity index (χ1) is 10.7. The summed E-state index contributed by atoms with van der Waals surface area (Å²) < 4.78 is 11.1. The smallest absolute Gasteiger partial charge is 0.410 e. The van der Waals surface area contributed by atoms with Crippen molar-refractivity contribution in [3.8, 4) is 0 Å². The topological polar surface area (TPSA) is 71.9 Å². The summed E-state index contributed by atoms with van der Waals surface area (Å²) in [5, 5.41) is 9.98. The lowest BCUT2D eigenvalue weighted by molar-refractivity contribution is -0.0817. The quantitative estimate of drug-likeness (QED) is 0.818. The SMILES string of the molecule is CC(C)(C)OC(=O)N1C[C@@H](c2cc(Cl)nc(Cl)c2)OC[C@@H]1CO. The van der Waals surface area contributed by atoms with E-state index in [-0.39, 0.29) is 30.1 Å². The standard InChI is InChI=1S/C15H20Cl2N2O4/c1-15(2,3)23-14(21)19-6-11(22-8-10(19)7-20)9-4-12(16)18-13(17)5-9/h4-5,10-11,20H,6-8H2,1-3H3/t10-,11-/m0/s1. The van der Waals surface area contributed by atoms with E-state index < -0.39 is 23.8 Å². The van der Waals surface area contributed by atoms with Crippen LogP contribution in [0.5, 0.6) is 0 Å². The van der Waals surface area contributed by atoms with Gasteiger partial charge in [0.1, 0.15) is 22.0 Å². The molecule has 6 nitrogen and oxygen atoms in total. The third kappa shape index (κ3) is 4.94. The second-order valence-electron chi connectivity index (χ2n) is 6.34. The number of carbonyl (C=O) groups is 1. The van der Waals surface area contributed by atoms with Crippen molar-refractivity contribution in [2.75, 3.05) is 19.8 Å². The molecule has 2 rings (SSSR count). The van der Waals surface area contributed by atoms with Gasteiger partial charge in [-0.15, -0.1) is 0 Å². The van der Waals surface area contributed by atoms with Crippen molar-refractivity contribution >= 4 is 29.3 Å². The van der Waals surface area contributed by atoms with Crippen LogP contribution in [0.4, 0.5) is 4.79 Å². The molecule has 1 fully saturated rings. The van der Waals surface area contributed by atoms with Crippen LogP contribution in [-0.4, -0.2) is 52.5 Å². The summed E-state index contributed by atoms with van der Waals surface area (Å²) in [5.74, 6) is 0. The fourth-order valence-electron chi connectivity index (χ4n) is 2.26. The summed E-state index contributed by atoms with van der Waals surface area (Å²) >= 11 is 11.8. The molecule has 0 spiro atoms. The third-order valence-electron chi connectivity index (χ3n) is 3.29. The van der Waals surface area contributed by atoms with Crippen molar-refractivity contribution in [2.45, 2.75) is 38.5 Å². The van der Waals surface area contributed by atoms with Crippen molar-refractivity contribution in [3.05, 3.63) is 28.0 Å². The molecule has 23 heavy (non-hydrogen) atoms. The molecule has 0 radical (unpaired) electrons. The molecule has 0 unspecified atom stereocenters. The van der Waals surface area contributed by atoms with Gasteiger partial charge in [0.05, 0.1) is 25.8 Å². The number of halogens is 2. The number of aliphatic hydroxyl groups excluding tert-OH is 1. The van der Waals surface area contributed by atoms with Gasteiger partial charge in [0, 0.05) is 0 Å². The summed E-state index contributed by atoms with van der Waals surface area (Å²) in [6, 6.07) is 2.84. The lowest BCUT2D eigenvalue weighted by Crippen LogP contribution is -2.52. The number of morpholine rings is 1. The van der Waals surface area contributed by atoms with Crippen LogP contribution in [-0.2, 0) is 9.47 Å². The van der Waals surface area contributed by atoms with E-state index in [1.807, 2.05) is 0 Å². The number of aromatic nitrogens is 1. The van der Waals surface area contributed by atoms with Gasteiger partial charge in [-0.1, -0.05) is 23.2 Å². The second-order valence-corrected chi connectivity index (χ2v) is 7.11. The highest BCUT2D eigenvalue weighted by Crippen LogP contribution is 2.29. The number of aliphatic hydroxyl groups is 1. The van der Waals surface area contributed by atoms with Crippen LogP contribution >= 0.6 is 23.2 Å². The zero-order valence-electron chi connectivity index (χ0n) is 13.3. The van der Waals surface area contributed by atoms with E-state index in [2.05, 4.69) is 4.98 Å². The minimum atomic E-state index is -0.617. The molecule has 1 aromatic rings. The Morgan fingerprint density at radius 3 is 2.57 bits per heavy atom. The summed E-state index contributed by atoms with van der Waals surface area (Å²) in [5.41, 5.74) is 0.105. The third-order valence-corrected chi connectivity index (χ3v) is 3.68. The van der Waals surface area contributed by atoms with Gasteiger partial charge in [-0.2, -0.15) is 0 Å². The Bertz CT molecular complexity index is 557. The monoisotopic (exact) mass is 362 g/mol. The number of rotatable bonds is 2. The highest BCUT2D eigenvalue weighted by Gasteiger charge is 2.35. The molecule has 8 heteroatoms. The van der Waals surface area contributed by atoms with Gasteiger partial charge in [0.25, 0.3) is 0 Å². The molecular weight excluding hydrogens is 343 g/mol. The van der Waals surface area contributed by atoms with Gasteiger partial charge in [0.2, 0.25) is 0 Å². The molecule has 1 aromatic heterocycles. The van der Waals surface area contributed by atoms with Crippen LogP contribution in [0.2, 0.25) is 10.3 Å². The van der Waals surface area contributed by atoms with Gasteiger partial charge in [-0.3, -0.25) is 4.90 Å². The summed E-state index contributed by atoms with van der Waals surface area (Å²) in [6.45, 7) is 5.59. The molecule has 128 valence electrons. The second kappa shape index (κ2) is 7.21. The maximum absolute atomic E-state index is 12.4. The fraction of sp³-hybridized carbons (Fsp3) is 0.600. The molecule has 2 atom stereocenters. The number of nitrogens with zero attached hydrogens (tertiary/aromatic N) is 2. The molecule has 0 aromatic carbocycles. The first kappa shape index (κ1) is 18.3. The zero-order chi connectivity index (χ0) is 17.2. The predicted octanol–water partition coefficient (Wildman–Crippen LogP) is 3.06. The normalized spacial score (nSPS) is 22.1. The highest BCUT2D eigenvalue weighted by atomic mass is 35.5. The Hall–Kier alpha value is -1.08. The van der Waals surface area contributed by atoms with E-state index in [1.54, 1.807) is 32.9 Å². The van der Waals surface area contributed by atoms with Gasteiger partial charge in [-0.05, 0) is 38.5 Å². The number of amides is 1. The van der Waals surface area contributed by atoms with Crippen LogP contribution in [0.1, 0.15) is 32.4 Å². The molecule has 1 N–H and O–H groups in total. The van der Waals surface area contributed by atoms with Crippen LogP contribution in [0, 0.1) is 0 Å². The average Bonchev–Trinajstić information content (AvgIpc) is 2.43. The van der Waals surface area contributed by atoms with E-state index in [0.29, 0.717) is 0 Å². The Balaban J connectivity index is 2.18. The number of ether oxygens (including phenoxy) is 2. The highest BCUT2D eigenvalue weighted by molar-refractivity contribution is 6.32. The van der Waals surface area contributed by atoms with Gasteiger partial charge >= 0.3 is 6.09 Å². The van der Waals surface area contributed by atoms with E-state index >= 15 is 0 Å². The molecule has 1 aliphatic heterocycles. The van der Waals surface area contributed by atoms with Gasteiger partial charge in [0.15, 0.2) is 0 Å². The first-order valence-corrected chi connectivity index (χ1v) is 8.00. The van der Waals surface area contributed by atoms with Gasteiger partial charge < -0.3 is 14.6 Å². The fourth-order valence-corrected chi connectivity index (χ4v) is 2.74. The van der Waals surface area contributed by atoms with Crippen LogP contribution in [0.15, 0.2) is 12.1 Å². The Labute approximate surface area is 145 Å². The molecule has 1 saturated heterocycles. The van der Waals surface area contributed by atoms with Crippen molar-refractivity contribution < 1.29 is 19.4 Å². The number of pyridine rings is 1. The number of hydrogen-bond donors (Lipinski definition) is 1. The van der Waals surface area contributed by atoms with Gasteiger partial charge in [-0.25, -0.2) is 9.78 Å². The molecule has 1 aliphatic rings. The molecule has 0 bridgehead atoms. The lowest BCUT2D eigenvalue weighted by Gasteiger charge is -2.39. The molecule has 2 heterocycles. The van der Waals surface area contributed by atoms with E-state index in [9.17, 15) is 9.90 Å². The maximum atomic E-state index is 12.4. The van der Waals surface area contributed by atoms with Crippen molar-refractivity contribution in [1.82, 2.24) is 9.88 Å². The zero-order valence-corrected chi connectivity index (χ0v) is 14.8. The van der Waals surface area contributed by atoms with E-state index in [4.69, 9.17) is 32.7 Å². The lowest BCUT2D eigenvalue weighted by atomic mass is 10.1. The summed E-state index contributed by atoms with van der Waals surface area (Å²) in [7, 11) is 0. The molecule has 0 saturated carbocycles. The minimum Gasteiger partial charge on any atom is -0.444 e. The van der Waals surface area contributed by atoms with Crippen molar-refractivity contribution in [3.63, 3.8) is 0 Å². The van der Waals surface area contributed by atoms with Crippen LogP contribution in [0.3, 0.4) is 0 Å². The number of carbonyl (C=O) groups excluding carboxylic acids is 1. The van der Waals surface area contributed by atoms with Crippen molar-refractivity contribution in [1.29, 1.82) is 0 Å². The average molecular weight is 363 g/mol.